The highest BCUT2D eigenvalue weighted by Gasteiger charge is 2.34. The Labute approximate surface area is 185 Å². The third-order valence-corrected chi connectivity index (χ3v) is 6.57. The average Bonchev–Trinajstić information content (AvgIpc) is 2.62. The van der Waals surface area contributed by atoms with E-state index in [1.54, 1.807) is 0 Å². The molecule has 2 aromatic carbocycles. The molecule has 1 atom stereocenters. The highest BCUT2D eigenvalue weighted by molar-refractivity contribution is 7.92. The zero-order valence-electron chi connectivity index (χ0n) is 18.9. The van der Waals surface area contributed by atoms with Gasteiger partial charge in [0.15, 0.2) is 0 Å². The highest BCUT2D eigenvalue weighted by Crippen LogP contribution is 2.39. The summed E-state index contributed by atoms with van der Waals surface area (Å²) in [5.41, 5.74) is 3.25. The number of benzene rings is 2. The summed E-state index contributed by atoms with van der Waals surface area (Å²) in [6.07, 6.45) is 2.55. The molecule has 2 aromatic rings. The molecule has 0 unspecified atom stereocenters. The van der Waals surface area contributed by atoms with Gasteiger partial charge >= 0.3 is 0 Å². The maximum atomic E-state index is 12.7. The molecule has 0 saturated heterocycles. The van der Waals surface area contributed by atoms with Crippen molar-refractivity contribution in [1.82, 2.24) is 5.32 Å². The number of carbonyl (C=O) groups is 1. The SMILES string of the molecule is Cc1cc(C)cc(N(CCCC(=O)N[C@@H]2CC(C)(C)Oc3ccccc32)S(C)(=O)=O)c1. The van der Waals surface area contributed by atoms with Crippen LogP contribution in [0.25, 0.3) is 0 Å². The Kier molecular flexibility index (Phi) is 6.65. The predicted molar refractivity (Wildman–Crippen MR) is 124 cm³/mol. The fourth-order valence-corrected chi connectivity index (χ4v) is 5.11. The molecule has 0 saturated carbocycles. The maximum absolute atomic E-state index is 12.7. The molecule has 0 aliphatic carbocycles. The van der Waals surface area contributed by atoms with Crippen LogP contribution in [0.3, 0.4) is 0 Å². The monoisotopic (exact) mass is 444 g/mol. The van der Waals surface area contributed by atoms with E-state index in [2.05, 4.69) is 5.32 Å². The number of carbonyl (C=O) groups excluding carboxylic acids is 1. The second-order valence-corrected chi connectivity index (χ2v) is 10.9. The predicted octanol–water partition coefficient (Wildman–Crippen LogP) is 4.27. The third kappa shape index (κ3) is 6.00. The lowest BCUT2D eigenvalue weighted by atomic mass is 9.89. The minimum absolute atomic E-state index is 0.0913. The number of hydrogen-bond donors (Lipinski definition) is 1. The van der Waals surface area contributed by atoms with Crippen LogP contribution in [0.1, 0.15) is 55.8 Å². The number of amides is 1. The summed E-state index contributed by atoms with van der Waals surface area (Å²) in [6, 6.07) is 13.3. The molecule has 0 bridgehead atoms. The van der Waals surface area contributed by atoms with Gasteiger partial charge in [0.05, 0.1) is 18.0 Å². The fraction of sp³-hybridized carbons (Fsp3) is 0.458. The second-order valence-electron chi connectivity index (χ2n) is 9.01. The summed E-state index contributed by atoms with van der Waals surface area (Å²) >= 11 is 0. The molecule has 0 spiro atoms. The summed E-state index contributed by atoms with van der Waals surface area (Å²) in [4.78, 5) is 12.7. The summed E-state index contributed by atoms with van der Waals surface area (Å²) in [5, 5.41) is 3.11. The van der Waals surface area contributed by atoms with Crippen LogP contribution >= 0.6 is 0 Å². The first kappa shape index (κ1) is 23.1. The molecule has 0 fully saturated rings. The third-order valence-electron chi connectivity index (χ3n) is 5.37. The topological polar surface area (TPSA) is 75.7 Å². The molecular formula is C24H32N2O4S. The van der Waals surface area contributed by atoms with E-state index in [0.717, 1.165) is 22.4 Å². The summed E-state index contributed by atoms with van der Waals surface area (Å²) < 4.78 is 32.1. The molecule has 1 heterocycles. The number of fused-ring (bicyclic) bond motifs is 1. The van der Waals surface area contributed by atoms with Crippen molar-refractivity contribution in [3.8, 4) is 5.75 Å². The number of anilines is 1. The molecule has 168 valence electrons. The van der Waals surface area contributed by atoms with Gasteiger partial charge in [-0.05, 0) is 63.4 Å². The standard InChI is InChI=1S/C24H32N2O4S/c1-17-13-18(2)15-19(14-17)26(31(5,28)29)12-8-11-23(27)25-21-16-24(3,4)30-22-10-7-6-9-20(21)22/h6-7,9-10,13-15,21H,8,11-12,16H2,1-5H3,(H,25,27)/t21-/m1/s1. The van der Waals surface area contributed by atoms with E-state index in [0.29, 0.717) is 18.5 Å². The van der Waals surface area contributed by atoms with E-state index >= 15 is 0 Å². The van der Waals surface area contributed by atoms with Gasteiger partial charge in [-0.2, -0.15) is 0 Å². The Morgan fingerprint density at radius 3 is 2.45 bits per heavy atom. The molecule has 1 N–H and O–H groups in total. The summed E-state index contributed by atoms with van der Waals surface area (Å²) in [5.74, 6) is 0.702. The van der Waals surface area contributed by atoms with Gasteiger partial charge in [0, 0.05) is 24.9 Å². The largest absolute Gasteiger partial charge is 0.487 e. The lowest BCUT2D eigenvalue weighted by molar-refractivity contribution is -0.122. The average molecular weight is 445 g/mol. The van der Waals surface area contributed by atoms with Crippen LogP contribution in [0.4, 0.5) is 5.69 Å². The zero-order valence-corrected chi connectivity index (χ0v) is 19.8. The minimum atomic E-state index is -3.45. The van der Waals surface area contributed by atoms with Gasteiger partial charge in [-0.15, -0.1) is 0 Å². The second kappa shape index (κ2) is 8.91. The summed E-state index contributed by atoms with van der Waals surface area (Å²) in [7, 11) is -3.45. The van der Waals surface area contributed by atoms with Gasteiger partial charge in [-0.1, -0.05) is 24.3 Å². The van der Waals surface area contributed by atoms with Gasteiger partial charge in [0.2, 0.25) is 15.9 Å². The van der Waals surface area contributed by atoms with Crippen LogP contribution in [0.5, 0.6) is 5.75 Å². The summed E-state index contributed by atoms with van der Waals surface area (Å²) in [6.45, 7) is 8.16. The lowest BCUT2D eigenvalue weighted by Gasteiger charge is -2.37. The van der Waals surface area contributed by atoms with E-state index in [4.69, 9.17) is 4.74 Å². The number of rotatable bonds is 7. The van der Waals surface area contributed by atoms with Gasteiger partial charge in [-0.25, -0.2) is 8.42 Å². The number of ether oxygens (including phenoxy) is 1. The van der Waals surface area contributed by atoms with Crippen molar-refractivity contribution in [2.45, 2.75) is 58.6 Å². The van der Waals surface area contributed by atoms with Crippen LogP contribution < -0.4 is 14.4 Å². The highest BCUT2D eigenvalue weighted by atomic mass is 32.2. The van der Waals surface area contributed by atoms with Crippen molar-refractivity contribution in [3.63, 3.8) is 0 Å². The quantitative estimate of drug-likeness (QED) is 0.692. The van der Waals surface area contributed by atoms with Gasteiger partial charge < -0.3 is 10.1 Å². The van der Waals surface area contributed by atoms with Crippen LogP contribution in [0.2, 0.25) is 0 Å². The van der Waals surface area contributed by atoms with Crippen molar-refractivity contribution in [2.24, 2.45) is 0 Å². The fourth-order valence-electron chi connectivity index (χ4n) is 4.16. The van der Waals surface area contributed by atoms with Gasteiger partial charge in [0.25, 0.3) is 0 Å². The molecule has 1 aliphatic rings. The molecule has 31 heavy (non-hydrogen) atoms. The van der Waals surface area contributed by atoms with E-state index in [1.807, 2.05) is 70.2 Å². The Morgan fingerprint density at radius 2 is 1.81 bits per heavy atom. The molecule has 0 aromatic heterocycles. The first-order valence-corrected chi connectivity index (χ1v) is 12.4. The van der Waals surface area contributed by atoms with E-state index < -0.39 is 10.0 Å². The zero-order chi connectivity index (χ0) is 22.8. The Morgan fingerprint density at radius 1 is 1.16 bits per heavy atom. The normalized spacial score (nSPS) is 17.4. The lowest BCUT2D eigenvalue weighted by Crippen LogP contribution is -2.41. The van der Waals surface area contributed by atoms with Crippen LogP contribution in [0.15, 0.2) is 42.5 Å². The molecular weight excluding hydrogens is 412 g/mol. The van der Waals surface area contributed by atoms with Gasteiger partial charge in [0.1, 0.15) is 11.4 Å². The van der Waals surface area contributed by atoms with Crippen LogP contribution in [-0.2, 0) is 14.8 Å². The van der Waals surface area contributed by atoms with Crippen LogP contribution in [0, 0.1) is 13.8 Å². The maximum Gasteiger partial charge on any atom is 0.232 e. The van der Waals surface area contributed by atoms with Crippen molar-refractivity contribution in [1.29, 1.82) is 0 Å². The first-order chi connectivity index (χ1) is 14.4. The van der Waals surface area contributed by atoms with E-state index in [-0.39, 0.29) is 30.5 Å². The molecule has 7 heteroatoms. The smallest absolute Gasteiger partial charge is 0.232 e. The first-order valence-electron chi connectivity index (χ1n) is 10.6. The Balaban J connectivity index is 1.65. The van der Waals surface area contributed by atoms with Crippen molar-refractivity contribution >= 4 is 21.6 Å². The molecule has 6 nitrogen and oxygen atoms in total. The molecule has 1 amide bonds. The minimum Gasteiger partial charge on any atom is -0.487 e. The number of aryl methyl sites for hydroxylation is 2. The van der Waals surface area contributed by atoms with Gasteiger partial charge in [-0.3, -0.25) is 9.10 Å². The van der Waals surface area contributed by atoms with Crippen molar-refractivity contribution in [3.05, 3.63) is 59.2 Å². The van der Waals surface area contributed by atoms with Crippen molar-refractivity contribution in [2.75, 3.05) is 17.1 Å². The molecule has 1 aliphatic heterocycles. The number of nitrogens with one attached hydrogen (secondary N) is 1. The molecule has 0 radical (unpaired) electrons. The van der Waals surface area contributed by atoms with E-state index in [9.17, 15) is 13.2 Å². The number of sulfonamides is 1. The molecule has 3 rings (SSSR count). The van der Waals surface area contributed by atoms with E-state index in [1.165, 1.54) is 10.6 Å². The number of para-hydroxylation sites is 1. The number of nitrogens with zero attached hydrogens (tertiary/aromatic N) is 1. The van der Waals surface area contributed by atoms with Crippen LogP contribution in [-0.4, -0.2) is 32.7 Å². The Hall–Kier alpha value is -2.54. The number of hydrogen-bond acceptors (Lipinski definition) is 4. The Bertz CT molecular complexity index is 1040. The van der Waals surface area contributed by atoms with Crippen molar-refractivity contribution < 1.29 is 17.9 Å².